The second-order valence-electron chi connectivity index (χ2n) is 8.78. The lowest BCUT2D eigenvalue weighted by atomic mass is 9.94. The maximum absolute atomic E-state index is 15.1. The lowest BCUT2D eigenvalue weighted by Gasteiger charge is -2.32. The van der Waals surface area contributed by atoms with Crippen LogP contribution in [0.25, 0.3) is 21.5 Å². The minimum atomic E-state index is -0.846. The molecule has 8 heteroatoms. The van der Waals surface area contributed by atoms with Crippen LogP contribution in [0, 0.1) is 6.92 Å². The SMILES string of the molecule is Cc1nc2cc(O)c(-c3cc4c(nn3)N(C3C[C@H]5CCC(C[C@@H]3F)N5)CC4)cc2s1. The Balaban J connectivity index is 1.33. The number of aryl methyl sites for hydroxylation is 1. The Labute approximate surface area is 178 Å². The molecule has 3 aromatic rings. The van der Waals surface area contributed by atoms with Crippen molar-refractivity contribution in [2.45, 2.75) is 63.3 Å². The van der Waals surface area contributed by atoms with Crippen molar-refractivity contribution in [3.8, 4) is 17.0 Å². The monoisotopic (exact) mass is 425 g/mol. The fourth-order valence-corrected chi connectivity index (χ4v) is 6.25. The smallest absolute Gasteiger partial charge is 0.154 e. The van der Waals surface area contributed by atoms with Gasteiger partial charge in [-0.2, -0.15) is 0 Å². The molecule has 0 spiro atoms. The number of benzene rings is 1. The predicted molar refractivity (Wildman–Crippen MR) is 116 cm³/mol. The normalized spacial score (nSPS) is 28.1. The fraction of sp³-hybridized carbons (Fsp3) is 0.500. The highest BCUT2D eigenvalue weighted by molar-refractivity contribution is 7.18. The molecule has 6 rings (SSSR count). The standard InChI is InChI=1S/C22H24FN5OS/c1-11-24-18-10-20(29)15(9-21(18)30-11)17-6-12-4-5-28(22(12)27-26-17)19-8-14-3-2-13(25-14)7-16(19)23/h6,9-10,13-14,16,19,25,29H,2-5,7-8H2,1H3/t13?,14-,16+,19?/m1/s1. The number of anilines is 1. The molecular weight excluding hydrogens is 401 g/mol. The third-order valence-electron chi connectivity index (χ3n) is 6.82. The number of aromatic hydroxyl groups is 1. The quantitative estimate of drug-likeness (QED) is 0.651. The van der Waals surface area contributed by atoms with Gasteiger partial charge in [-0.1, -0.05) is 0 Å². The average Bonchev–Trinajstić information content (AvgIpc) is 3.39. The minimum Gasteiger partial charge on any atom is -0.507 e. The van der Waals surface area contributed by atoms with Crippen molar-refractivity contribution in [3.63, 3.8) is 0 Å². The molecule has 4 atom stereocenters. The number of aromatic nitrogens is 3. The largest absolute Gasteiger partial charge is 0.507 e. The summed E-state index contributed by atoms with van der Waals surface area (Å²) in [6, 6.07) is 6.22. The van der Waals surface area contributed by atoms with Crippen LogP contribution in [0.5, 0.6) is 5.75 Å². The van der Waals surface area contributed by atoms with Gasteiger partial charge in [-0.05, 0) is 51.2 Å². The van der Waals surface area contributed by atoms with Crippen LogP contribution in [0.2, 0.25) is 0 Å². The van der Waals surface area contributed by atoms with E-state index in [1.807, 2.05) is 19.1 Å². The lowest BCUT2D eigenvalue weighted by Crippen LogP contribution is -2.43. The van der Waals surface area contributed by atoms with E-state index in [1.165, 1.54) is 0 Å². The first kappa shape index (κ1) is 18.4. The maximum atomic E-state index is 15.1. The van der Waals surface area contributed by atoms with Crippen molar-refractivity contribution in [2.24, 2.45) is 0 Å². The molecule has 2 aromatic heterocycles. The van der Waals surface area contributed by atoms with Crippen LogP contribution in [-0.4, -0.2) is 51.1 Å². The third-order valence-corrected chi connectivity index (χ3v) is 7.76. The third kappa shape index (κ3) is 2.96. The van der Waals surface area contributed by atoms with Gasteiger partial charge in [0.2, 0.25) is 0 Å². The number of alkyl halides is 1. The van der Waals surface area contributed by atoms with E-state index in [9.17, 15) is 5.11 Å². The molecule has 2 N–H and O–H groups in total. The zero-order valence-electron chi connectivity index (χ0n) is 16.8. The lowest BCUT2D eigenvalue weighted by molar-refractivity contribution is 0.239. The van der Waals surface area contributed by atoms with Crippen LogP contribution in [0.4, 0.5) is 10.2 Å². The summed E-state index contributed by atoms with van der Waals surface area (Å²) in [5.74, 6) is 0.963. The number of thiazole rings is 1. The number of nitrogens with zero attached hydrogens (tertiary/aromatic N) is 4. The molecule has 156 valence electrons. The molecule has 3 aliphatic heterocycles. The van der Waals surface area contributed by atoms with Gasteiger partial charge < -0.3 is 15.3 Å². The highest BCUT2D eigenvalue weighted by Crippen LogP contribution is 2.39. The molecule has 0 radical (unpaired) electrons. The van der Waals surface area contributed by atoms with Gasteiger partial charge >= 0.3 is 0 Å². The number of hydrogen-bond donors (Lipinski definition) is 2. The number of halogens is 1. The predicted octanol–water partition coefficient (Wildman–Crippen LogP) is 3.75. The Hall–Kier alpha value is -2.32. The molecule has 0 amide bonds. The summed E-state index contributed by atoms with van der Waals surface area (Å²) >= 11 is 1.60. The zero-order chi connectivity index (χ0) is 20.4. The molecule has 0 aliphatic carbocycles. The number of rotatable bonds is 2. The van der Waals surface area contributed by atoms with E-state index in [0.717, 1.165) is 58.8 Å². The van der Waals surface area contributed by atoms with Crippen molar-refractivity contribution < 1.29 is 9.50 Å². The number of nitrogens with one attached hydrogen (secondary N) is 1. The van der Waals surface area contributed by atoms with Gasteiger partial charge in [-0.3, -0.25) is 0 Å². The first-order valence-electron chi connectivity index (χ1n) is 10.7. The van der Waals surface area contributed by atoms with E-state index in [1.54, 1.807) is 17.4 Å². The Morgan fingerprint density at radius 1 is 1.17 bits per heavy atom. The van der Waals surface area contributed by atoms with Crippen LogP contribution in [0.15, 0.2) is 18.2 Å². The second-order valence-corrected chi connectivity index (χ2v) is 10.0. The zero-order valence-corrected chi connectivity index (χ0v) is 17.6. The summed E-state index contributed by atoms with van der Waals surface area (Å²) in [5.41, 5.74) is 3.19. The van der Waals surface area contributed by atoms with Gasteiger partial charge in [0, 0.05) is 35.8 Å². The van der Waals surface area contributed by atoms with Crippen molar-refractivity contribution >= 4 is 27.4 Å². The highest BCUT2D eigenvalue weighted by Gasteiger charge is 2.41. The van der Waals surface area contributed by atoms with Crippen LogP contribution in [0.3, 0.4) is 0 Å². The second kappa shape index (κ2) is 6.85. The van der Waals surface area contributed by atoms with E-state index in [2.05, 4.69) is 25.4 Å². The van der Waals surface area contributed by atoms with E-state index in [4.69, 9.17) is 0 Å². The summed E-state index contributed by atoms with van der Waals surface area (Å²) in [6.45, 7) is 2.73. The van der Waals surface area contributed by atoms with Crippen LogP contribution in [-0.2, 0) is 6.42 Å². The summed E-state index contributed by atoms with van der Waals surface area (Å²) in [4.78, 5) is 6.57. The molecule has 0 saturated carbocycles. The minimum absolute atomic E-state index is 0.140. The number of phenolic OH excluding ortho intramolecular Hbond substituents is 1. The van der Waals surface area contributed by atoms with Crippen LogP contribution >= 0.6 is 11.3 Å². The Kier molecular flexibility index (Phi) is 4.21. The van der Waals surface area contributed by atoms with E-state index >= 15 is 4.39 Å². The molecule has 5 heterocycles. The topological polar surface area (TPSA) is 74.2 Å². The molecule has 1 aromatic carbocycles. The first-order chi connectivity index (χ1) is 14.5. The molecule has 3 aliphatic rings. The molecule has 30 heavy (non-hydrogen) atoms. The molecule has 2 bridgehead atoms. The number of fused-ring (bicyclic) bond motifs is 4. The van der Waals surface area contributed by atoms with Crippen LogP contribution < -0.4 is 10.2 Å². The summed E-state index contributed by atoms with van der Waals surface area (Å²) in [7, 11) is 0. The summed E-state index contributed by atoms with van der Waals surface area (Å²) in [5, 5.41) is 24.0. The maximum Gasteiger partial charge on any atom is 0.154 e. The van der Waals surface area contributed by atoms with Crippen molar-refractivity contribution in [1.29, 1.82) is 0 Å². The van der Waals surface area contributed by atoms with E-state index in [-0.39, 0.29) is 11.8 Å². The fourth-order valence-electron chi connectivity index (χ4n) is 5.40. The van der Waals surface area contributed by atoms with Gasteiger partial charge in [-0.15, -0.1) is 21.5 Å². The molecule has 2 saturated heterocycles. The Morgan fingerprint density at radius 2 is 2.00 bits per heavy atom. The molecule has 2 unspecified atom stereocenters. The van der Waals surface area contributed by atoms with Crippen molar-refractivity contribution in [2.75, 3.05) is 11.4 Å². The number of hydrogen-bond acceptors (Lipinski definition) is 7. The van der Waals surface area contributed by atoms with Gasteiger partial charge in [0.1, 0.15) is 11.9 Å². The summed E-state index contributed by atoms with van der Waals surface area (Å²) in [6.07, 6.45) is 3.61. The first-order valence-corrected chi connectivity index (χ1v) is 11.5. The average molecular weight is 426 g/mol. The molecular formula is C22H24FN5OS. The Morgan fingerprint density at radius 3 is 2.87 bits per heavy atom. The van der Waals surface area contributed by atoms with E-state index < -0.39 is 6.17 Å². The van der Waals surface area contributed by atoms with E-state index in [0.29, 0.717) is 29.8 Å². The number of phenols is 1. The van der Waals surface area contributed by atoms with Gasteiger partial charge in [-0.25, -0.2) is 9.37 Å². The molecule has 6 nitrogen and oxygen atoms in total. The molecule has 2 fully saturated rings. The Bertz CT molecular complexity index is 1130. The van der Waals surface area contributed by atoms with Crippen molar-refractivity contribution in [1.82, 2.24) is 20.5 Å². The highest BCUT2D eigenvalue weighted by atomic mass is 32.1. The summed E-state index contributed by atoms with van der Waals surface area (Å²) < 4.78 is 16.1. The van der Waals surface area contributed by atoms with Crippen LogP contribution in [0.1, 0.15) is 36.3 Å². The van der Waals surface area contributed by atoms with Gasteiger partial charge in [0.25, 0.3) is 0 Å². The van der Waals surface area contributed by atoms with Gasteiger partial charge in [0.05, 0.1) is 27.0 Å². The van der Waals surface area contributed by atoms with Crippen molar-refractivity contribution in [3.05, 3.63) is 28.8 Å². The van der Waals surface area contributed by atoms with Gasteiger partial charge in [0.15, 0.2) is 5.82 Å².